The van der Waals surface area contributed by atoms with Gasteiger partial charge in [-0.2, -0.15) is 4.98 Å². The first kappa shape index (κ1) is 12.1. The molecule has 18 heavy (non-hydrogen) atoms. The fraction of sp³-hybridized carbons (Fsp3) is 0.400. The number of carbonyl (C=O) groups is 2. The van der Waals surface area contributed by atoms with E-state index in [0.717, 1.165) is 0 Å². The van der Waals surface area contributed by atoms with Crippen LogP contribution in [0.15, 0.2) is 17.1 Å². The van der Waals surface area contributed by atoms with Gasteiger partial charge in [-0.15, -0.1) is 0 Å². The van der Waals surface area contributed by atoms with Crippen LogP contribution in [-0.4, -0.2) is 28.0 Å². The van der Waals surface area contributed by atoms with Crippen LogP contribution in [-0.2, 0) is 11.3 Å². The summed E-state index contributed by atoms with van der Waals surface area (Å²) in [6.45, 7) is 1.93. The van der Waals surface area contributed by atoms with E-state index in [0.29, 0.717) is 0 Å². The summed E-state index contributed by atoms with van der Waals surface area (Å²) < 4.78 is 1.29. The molecule has 2 heterocycles. The summed E-state index contributed by atoms with van der Waals surface area (Å²) in [5.74, 6) is -0.294. The van der Waals surface area contributed by atoms with Crippen molar-refractivity contribution in [2.24, 2.45) is 5.41 Å². The Labute approximate surface area is 102 Å². The van der Waals surface area contributed by atoms with Crippen molar-refractivity contribution in [3.63, 3.8) is 0 Å². The number of nitrogens with one attached hydrogen (secondary N) is 2. The lowest BCUT2D eigenvalue weighted by Gasteiger charge is -2.32. The van der Waals surface area contributed by atoms with Crippen molar-refractivity contribution in [1.29, 1.82) is 0 Å². The highest BCUT2D eigenvalue weighted by Crippen LogP contribution is 2.20. The maximum atomic E-state index is 11.8. The second-order valence-electron chi connectivity index (χ2n) is 4.46. The number of hydrogen-bond acceptors (Lipinski definition) is 5. The molecule has 1 aromatic rings. The first-order valence-corrected chi connectivity index (χ1v) is 5.33. The molecule has 3 amide bonds. The molecule has 1 aliphatic heterocycles. The smallest absolute Gasteiger partial charge is 0.349 e. The summed E-state index contributed by atoms with van der Waals surface area (Å²) in [7, 11) is 0. The lowest BCUT2D eigenvalue weighted by Crippen LogP contribution is -2.59. The van der Waals surface area contributed by atoms with Crippen molar-refractivity contribution >= 4 is 17.8 Å². The molecule has 96 valence electrons. The minimum Gasteiger partial charge on any atom is -0.383 e. The Kier molecular flexibility index (Phi) is 2.77. The molecule has 1 saturated heterocycles. The molecule has 4 N–H and O–H groups in total. The molecular weight excluding hydrogens is 238 g/mol. The predicted octanol–water partition coefficient (Wildman–Crippen LogP) is -1.33. The molecule has 0 spiro atoms. The second kappa shape index (κ2) is 4.13. The number of carbonyl (C=O) groups excluding carboxylic acids is 2. The van der Waals surface area contributed by atoms with Gasteiger partial charge in [0.2, 0.25) is 5.91 Å². The molecular formula is C10H13N5O3. The summed E-state index contributed by atoms with van der Waals surface area (Å²) in [5, 5.41) is 4.69. The van der Waals surface area contributed by atoms with Crippen LogP contribution in [0.1, 0.15) is 6.92 Å². The van der Waals surface area contributed by atoms with Crippen molar-refractivity contribution in [2.45, 2.75) is 13.5 Å². The number of rotatable bonds is 2. The third-order valence-corrected chi connectivity index (χ3v) is 2.83. The van der Waals surface area contributed by atoms with Gasteiger partial charge in [0.1, 0.15) is 5.82 Å². The zero-order chi connectivity index (χ0) is 13.3. The van der Waals surface area contributed by atoms with Gasteiger partial charge in [-0.05, 0) is 13.0 Å². The second-order valence-corrected chi connectivity index (χ2v) is 4.46. The zero-order valence-corrected chi connectivity index (χ0v) is 9.77. The summed E-state index contributed by atoms with van der Waals surface area (Å²) in [6.07, 6.45) is 1.47. The van der Waals surface area contributed by atoms with Crippen molar-refractivity contribution in [3.8, 4) is 0 Å². The first-order chi connectivity index (χ1) is 8.40. The van der Waals surface area contributed by atoms with Gasteiger partial charge in [0.15, 0.2) is 0 Å². The predicted molar refractivity (Wildman–Crippen MR) is 62.6 cm³/mol. The van der Waals surface area contributed by atoms with Crippen molar-refractivity contribution in [2.75, 3.05) is 12.3 Å². The van der Waals surface area contributed by atoms with E-state index in [1.165, 1.54) is 16.8 Å². The summed E-state index contributed by atoms with van der Waals surface area (Å²) in [6, 6.07) is 0.949. The van der Waals surface area contributed by atoms with Crippen LogP contribution in [0.2, 0.25) is 0 Å². The highest BCUT2D eigenvalue weighted by Gasteiger charge is 2.39. The molecule has 0 bridgehead atoms. The van der Waals surface area contributed by atoms with E-state index < -0.39 is 23.0 Å². The van der Waals surface area contributed by atoms with Crippen molar-refractivity contribution < 1.29 is 9.59 Å². The number of hydrogen-bond donors (Lipinski definition) is 3. The van der Waals surface area contributed by atoms with Gasteiger partial charge in [-0.1, -0.05) is 0 Å². The molecule has 0 radical (unpaired) electrons. The van der Waals surface area contributed by atoms with Crippen LogP contribution in [0.5, 0.6) is 0 Å². The summed E-state index contributed by atoms with van der Waals surface area (Å²) >= 11 is 0. The van der Waals surface area contributed by atoms with Crippen LogP contribution in [0.3, 0.4) is 0 Å². The zero-order valence-electron chi connectivity index (χ0n) is 9.77. The fourth-order valence-electron chi connectivity index (χ4n) is 1.72. The van der Waals surface area contributed by atoms with E-state index in [-0.39, 0.29) is 18.9 Å². The number of nitrogen functional groups attached to an aromatic ring is 1. The quantitative estimate of drug-likeness (QED) is 0.601. The van der Waals surface area contributed by atoms with Gasteiger partial charge in [0, 0.05) is 19.3 Å². The molecule has 1 unspecified atom stereocenters. The van der Waals surface area contributed by atoms with Gasteiger partial charge in [0.05, 0.1) is 5.41 Å². The number of anilines is 1. The van der Waals surface area contributed by atoms with Crippen LogP contribution >= 0.6 is 0 Å². The Bertz CT molecular complexity index is 567. The maximum Gasteiger partial charge on any atom is 0.349 e. The van der Waals surface area contributed by atoms with Crippen LogP contribution in [0.25, 0.3) is 0 Å². The Morgan fingerprint density at radius 3 is 2.83 bits per heavy atom. The lowest BCUT2D eigenvalue weighted by molar-refractivity contribution is -0.130. The van der Waals surface area contributed by atoms with Gasteiger partial charge >= 0.3 is 11.7 Å². The van der Waals surface area contributed by atoms with Crippen LogP contribution in [0.4, 0.5) is 10.6 Å². The normalized spacial score (nSPS) is 23.4. The molecule has 2 rings (SSSR count). The topological polar surface area (TPSA) is 119 Å². The Morgan fingerprint density at radius 2 is 2.22 bits per heavy atom. The first-order valence-electron chi connectivity index (χ1n) is 5.33. The number of urea groups is 1. The number of nitrogens with two attached hydrogens (primary N) is 1. The van der Waals surface area contributed by atoms with Gasteiger partial charge in [-0.25, -0.2) is 9.59 Å². The van der Waals surface area contributed by atoms with Gasteiger partial charge < -0.3 is 11.1 Å². The molecule has 1 atom stereocenters. The molecule has 1 aromatic heterocycles. The standard InChI is InChI=1S/C10H13N5O3/c1-10(4-12-8(17)14-7(10)16)5-15-3-2-6(11)13-9(15)18/h2-3H,4-5H2,1H3,(H2,11,13,18)(H2,12,14,16,17). The van der Waals surface area contributed by atoms with Crippen molar-refractivity contribution in [1.82, 2.24) is 20.2 Å². The molecule has 0 saturated carbocycles. The summed E-state index contributed by atoms with van der Waals surface area (Å²) in [4.78, 5) is 37.9. The molecule has 8 heteroatoms. The Balaban J connectivity index is 2.25. The van der Waals surface area contributed by atoms with E-state index in [2.05, 4.69) is 15.6 Å². The van der Waals surface area contributed by atoms with Gasteiger partial charge in [-0.3, -0.25) is 14.7 Å². The van der Waals surface area contributed by atoms with E-state index in [1.807, 2.05) is 0 Å². The number of imide groups is 1. The van der Waals surface area contributed by atoms with Crippen molar-refractivity contribution in [3.05, 3.63) is 22.7 Å². The van der Waals surface area contributed by atoms with E-state index >= 15 is 0 Å². The number of amides is 3. The number of nitrogens with zero attached hydrogens (tertiary/aromatic N) is 2. The third kappa shape index (κ3) is 2.17. The van der Waals surface area contributed by atoms with Crippen LogP contribution < -0.4 is 22.1 Å². The average Bonchev–Trinajstić information content (AvgIpc) is 2.29. The largest absolute Gasteiger partial charge is 0.383 e. The number of aromatic nitrogens is 2. The molecule has 1 aliphatic rings. The monoisotopic (exact) mass is 251 g/mol. The Hall–Kier alpha value is -2.38. The molecule has 0 aliphatic carbocycles. The lowest BCUT2D eigenvalue weighted by atomic mass is 9.88. The van der Waals surface area contributed by atoms with E-state index in [4.69, 9.17) is 5.73 Å². The van der Waals surface area contributed by atoms with E-state index in [9.17, 15) is 14.4 Å². The SMILES string of the molecule is CC1(Cn2ccc(N)nc2=O)CNC(=O)NC1=O. The minimum absolute atomic E-state index is 0.116. The Morgan fingerprint density at radius 1 is 1.50 bits per heavy atom. The van der Waals surface area contributed by atoms with E-state index in [1.54, 1.807) is 6.92 Å². The minimum atomic E-state index is -0.893. The molecule has 0 aromatic carbocycles. The third-order valence-electron chi connectivity index (χ3n) is 2.83. The van der Waals surface area contributed by atoms with Gasteiger partial charge in [0.25, 0.3) is 0 Å². The molecule has 8 nitrogen and oxygen atoms in total. The average molecular weight is 251 g/mol. The van der Waals surface area contributed by atoms with Crippen LogP contribution in [0, 0.1) is 5.41 Å². The highest BCUT2D eigenvalue weighted by molar-refractivity contribution is 5.99. The highest BCUT2D eigenvalue weighted by atomic mass is 16.2. The molecule has 1 fully saturated rings. The maximum absolute atomic E-state index is 11.8. The fourth-order valence-corrected chi connectivity index (χ4v) is 1.72. The summed E-state index contributed by atoms with van der Waals surface area (Å²) in [5.41, 5.74) is 3.96.